The number of piperidine rings is 1. The molecule has 0 spiro atoms. The molecular formula is C12H22N2O. The Morgan fingerprint density at radius 3 is 2.53 bits per heavy atom. The van der Waals surface area contributed by atoms with Gasteiger partial charge in [-0.25, -0.2) is 0 Å². The van der Waals surface area contributed by atoms with E-state index >= 15 is 0 Å². The van der Waals surface area contributed by atoms with E-state index in [1.54, 1.807) is 0 Å². The second-order valence-electron chi connectivity index (χ2n) is 5.07. The van der Waals surface area contributed by atoms with Crippen molar-refractivity contribution in [1.82, 2.24) is 10.6 Å². The number of hydrogen-bond donors (Lipinski definition) is 2. The van der Waals surface area contributed by atoms with Crippen molar-refractivity contribution >= 4 is 5.91 Å². The van der Waals surface area contributed by atoms with E-state index in [0.29, 0.717) is 23.9 Å². The summed E-state index contributed by atoms with van der Waals surface area (Å²) in [4.78, 5) is 11.9. The van der Waals surface area contributed by atoms with Gasteiger partial charge in [0, 0.05) is 24.5 Å². The molecule has 0 aromatic heterocycles. The number of carbonyl (C=O) groups excluding carboxylic acids is 1. The van der Waals surface area contributed by atoms with Crippen LogP contribution in [-0.4, -0.2) is 24.5 Å². The molecule has 0 aromatic rings. The van der Waals surface area contributed by atoms with Crippen molar-refractivity contribution in [3.05, 3.63) is 0 Å². The van der Waals surface area contributed by atoms with Gasteiger partial charge in [0.2, 0.25) is 5.91 Å². The van der Waals surface area contributed by atoms with Crippen LogP contribution >= 0.6 is 0 Å². The van der Waals surface area contributed by atoms with Gasteiger partial charge in [-0.1, -0.05) is 12.8 Å². The number of carbonyl (C=O) groups is 1. The van der Waals surface area contributed by atoms with E-state index in [0.717, 1.165) is 25.8 Å². The summed E-state index contributed by atoms with van der Waals surface area (Å²) in [6.45, 7) is 3.15. The maximum absolute atomic E-state index is 11.9. The quantitative estimate of drug-likeness (QED) is 0.724. The highest BCUT2D eigenvalue weighted by molar-refractivity contribution is 5.79. The van der Waals surface area contributed by atoms with Crippen molar-refractivity contribution in [2.24, 2.45) is 5.92 Å². The third-order valence-electron chi connectivity index (χ3n) is 3.73. The SMILES string of the molecule is CC1CCC(NC(=O)C2CCCC2)CN1. The third-order valence-corrected chi connectivity index (χ3v) is 3.73. The predicted octanol–water partition coefficient (Wildman–Crippen LogP) is 1.43. The topological polar surface area (TPSA) is 41.1 Å². The van der Waals surface area contributed by atoms with Crippen LogP contribution < -0.4 is 10.6 Å². The lowest BCUT2D eigenvalue weighted by Crippen LogP contribution is -2.49. The molecule has 0 aromatic carbocycles. The molecule has 1 saturated heterocycles. The second-order valence-corrected chi connectivity index (χ2v) is 5.07. The van der Waals surface area contributed by atoms with Crippen LogP contribution in [0.5, 0.6) is 0 Å². The van der Waals surface area contributed by atoms with Crippen molar-refractivity contribution in [3.8, 4) is 0 Å². The lowest BCUT2D eigenvalue weighted by molar-refractivity contribution is -0.125. The van der Waals surface area contributed by atoms with Crippen LogP contribution in [0.1, 0.15) is 45.4 Å². The van der Waals surface area contributed by atoms with Gasteiger partial charge in [-0.05, 0) is 32.6 Å². The van der Waals surface area contributed by atoms with Gasteiger partial charge in [-0.2, -0.15) is 0 Å². The molecule has 1 aliphatic carbocycles. The minimum atomic E-state index is 0.300. The molecule has 15 heavy (non-hydrogen) atoms. The summed E-state index contributed by atoms with van der Waals surface area (Å²) in [5, 5.41) is 6.59. The molecule has 1 saturated carbocycles. The Morgan fingerprint density at radius 1 is 1.20 bits per heavy atom. The summed E-state index contributed by atoms with van der Waals surface area (Å²) in [6, 6.07) is 0.985. The molecule has 86 valence electrons. The normalized spacial score (nSPS) is 32.9. The average Bonchev–Trinajstić information content (AvgIpc) is 2.74. The minimum absolute atomic E-state index is 0.300. The Labute approximate surface area is 92.0 Å². The highest BCUT2D eigenvalue weighted by Gasteiger charge is 2.26. The highest BCUT2D eigenvalue weighted by atomic mass is 16.1. The molecule has 1 heterocycles. The molecular weight excluding hydrogens is 188 g/mol. The fourth-order valence-corrected chi connectivity index (χ4v) is 2.63. The van der Waals surface area contributed by atoms with Gasteiger partial charge >= 0.3 is 0 Å². The summed E-state index contributed by atoms with van der Waals surface area (Å²) in [7, 11) is 0. The summed E-state index contributed by atoms with van der Waals surface area (Å²) in [6.07, 6.45) is 6.98. The maximum Gasteiger partial charge on any atom is 0.223 e. The van der Waals surface area contributed by atoms with Crippen molar-refractivity contribution in [2.75, 3.05) is 6.54 Å². The molecule has 0 bridgehead atoms. The first kappa shape index (κ1) is 10.9. The number of rotatable bonds is 2. The molecule has 2 aliphatic rings. The molecule has 0 radical (unpaired) electrons. The van der Waals surface area contributed by atoms with Crippen LogP contribution in [0.3, 0.4) is 0 Å². The maximum atomic E-state index is 11.9. The van der Waals surface area contributed by atoms with E-state index in [4.69, 9.17) is 0 Å². The minimum Gasteiger partial charge on any atom is -0.352 e. The monoisotopic (exact) mass is 210 g/mol. The molecule has 2 atom stereocenters. The van der Waals surface area contributed by atoms with Crippen LogP contribution in [0.4, 0.5) is 0 Å². The van der Waals surface area contributed by atoms with Crippen molar-refractivity contribution < 1.29 is 4.79 Å². The smallest absolute Gasteiger partial charge is 0.223 e. The summed E-state index contributed by atoms with van der Waals surface area (Å²) in [5.74, 6) is 0.609. The second kappa shape index (κ2) is 4.97. The van der Waals surface area contributed by atoms with E-state index in [1.807, 2.05) is 0 Å². The van der Waals surface area contributed by atoms with Crippen LogP contribution in [0.2, 0.25) is 0 Å². The van der Waals surface area contributed by atoms with Crippen molar-refractivity contribution in [1.29, 1.82) is 0 Å². The van der Waals surface area contributed by atoms with Crippen molar-refractivity contribution in [2.45, 2.75) is 57.5 Å². The highest BCUT2D eigenvalue weighted by Crippen LogP contribution is 2.25. The van der Waals surface area contributed by atoms with Gasteiger partial charge in [-0.15, -0.1) is 0 Å². The van der Waals surface area contributed by atoms with Gasteiger partial charge in [0.15, 0.2) is 0 Å². The Bertz CT molecular complexity index is 216. The van der Waals surface area contributed by atoms with Gasteiger partial charge in [-0.3, -0.25) is 4.79 Å². The van der Waals surface area contributed by atoms with Crippen molar-refractivity contribution in [3.63, 3.8) is 0 Å². The molecule has 1 amide bonds. The molecule has 2 N–H and O–H groups in total. The summed E-state index contributed by atoms with van der Waals surface area (Å²) < 4.78 is 0. The van der Waals surface area contributed by atoms with E-state index in [-0.39, 0.29) is 0 Å². The first-order chi connectivity index (χ1) is 7.25. The number of nitrogens with one attached hydrogen (secondary N) is 2. The third kappa shape index (κ3) is 2.94. The van der Waals surface area contributed by atoms with Crippen LogP contribution in [0.25, 0.3) is 0 Å². The van der Waals surface area contributed by atoms with Crippen LogP contribution in [-0.2, 0) is 4.79 Å². The zero-order chi connectivity index (χ0) is 10.7. The summed E-state index contributed by atoms with van der Waals surface area (Å²) in [5.41, 5.74) is 0. The van der Waals surface area contributed by atoms with Gasteiger partial charge in [0.25, 0.3) is 0 Å². The molecule has 2 fully saturated rings. The van der Waals surface area contributed by atoms with E-state index in [1.165, 1.54) is 19.3 Å². The molecule has 2 unspecified atom stereocenters. The molecule has 2 rings (SSSR count). The number of hydrogen-bond acceptors (Lipinski definition) is 2. The molecule has 3 heteroatoms. The standard InChI is InChI=1S/C12H22N2O/c1-9-6-7-11(8-13-9)14-12(15)10-4-2-3-5-10/h9-11,13H,2-8H2,1H3,(H,14,15). The first-order valence-corrected chi connectivity index (χ1v) is 6.29. The Kier molecular flexibility index (Phi) is 3.62. The Morgan fingerprint density at radius 2 is 1.93 bits per heavy atom. The first-order valence-electron chi connectivity index (χ1n) is 6.29. The van der Waals surface area contributed by atoms with Gasteiger partial charge in [0.05, 0.1) is 0 Å². The fraction of sp³-hybridized carbons (Fsp3) is 0.917. The largest absolute Gasteiger partial charge is 0.352 e. The lowest BCUT2D eigenvalue weighted by atomic mass is 10.0. The van der Waals surface area contributed by atoms with Gasteiger partial charge < -0.3 is 10.6 Å². The van der Waals surface area contributed by atoms with Gasteiger partial charge in [0.1, 0.15) is 0 Å². The number of amides is 1. The van der Waals surface area contributed by atoms with E-state index < -0.39 is 0 Å². The molecule has 1 aliphatic heterocycles. The fourth-order valence-electron chi connectivity index (χ4n) is 2.63. The lowest BCUT2D eigenvalue weighted by Gasteiger charge is -2.29. The Balaban J connectivity index is 1.74. The van der Waals surface area contributed by atoms with Crippen LogP contribution in [0, 0.1) is 5.92 Å². The Hall–Kier alpha value is -0.570. The average molecular weight is 210 g/mol. The van der Waals surface area contributed by atoms with Crippen LogP contribution in [0.15, 0.2) is 0 Å². The molecule has 3 nitrogen and oxygen atoms in total. The van der Waals surface area contributed by atoms with E-state index in [2.05, 4.69) is 17.6 Å². The zero-order valence-corrected chi connectivity index (χ0v) is 9.59. The predicted molar refractivity (Wildman–Crippen MR) is 60.6 cm³/mol. The van der Waals surface area contributed by atoms with E-state index in [9.17, 15) is 4.79 Å². The summed E-state index contributed by atoms with van der Waals surface area (Å²) >= 11 is 0. The zero-order valence-electron chi connectivity index (χ0n) is 9.59.